The molecule has 0 atom stereocenters. The van der Waals surface area contributed by atoms with E-state index < -0.39 is 5.82 Å². The molecule has 0 radical (unpaired) electrons. The maximum atomic E-state index is 13.9. The summed E-state index contributed by atoms with van der Waals surface area (Å²) >= 11 is 0. The second-order valence-electron chi connectivity index (χ2n) is 5.83. The van der Waals surface area contributed by atoms with Gasteiger partial charge in [-0.1, -0.05) is 6.07 Å². The third-order valence-electron chi connectivity index (χ3n) is 3.85. The Kier molecular flexibility index (Phi) is 4.25. The molecule has 5 nitrogen and oxygen atoms in total. The first-order valence-electron chi connectivity index (χ1n) is 7.49. The summed E-state index contributed by atoms with van der Waals surface area (Å²) in [6.45, 7) is 1.38. The second-order valence-corrected chi connectivity index (χ2v) is 5.83. The van der Waals surface area contributed by atoms with Crippen molar-refractivity contribution in [2.24, 2.45) is 7.05 Å². The monoisotopic (exact) mass is 314 g/mol. The van der Waals surface area contributed by atoms with Crippen LogP contribution in [-0.2, 0) is 20.0 Å². The molecule has 120 valence electrons. The van der Waals surface area contributed by atoms with E-state index in [1.807, 2.05) is 26.5 Å². The second kappa shape index (κ2) is 6.34. The molecule has 2 aromatic heterocycles. The molecular weight excluding hydrogens is 295 g/mol. The van der Waals surface area contributed by atoms with Crippen molar-refractivity contribution >= 4 is 10.9 Å². The van der Waals surface area contributed by atoms with Crippen LogP contribution < -0.4 is 5.43 Å². The maximum absolute atomic E-state index is 13.9. The van der Waals surface area contributed by atoms with Gasteiger partial charge in [-0.25, -0.2) is 4.39 Å². The van der Waals surface area contributed by atoms with Crippen molar-refractivity contribution in [3.63, 3.8) is 0 Å². The number of para-hydroxylation sites is 1. The van der Waals surface area contributed by atoms with Gasteiger partial charge in [-0.3, -0.25) is 9.48 Å². The summed E-state index contributed by atoms with van der Waals surface area (Å²) in [5.41, 5.74) is 1.99. The van der Waals surface area contributed by atoms with Crippen molar-refractivity contribution in [3.8, 4) is 0 Å². The van der Waals surface area contributed by atoms with Crippen molar-refractivity contribution in [2.45, 2.75) is 13.0 Å². The number of fused-ring (bicyclic) bond motifs is 1. The molecule has 0 fully saturated rings. The van der Waals surface area contributed by atoms with Crippen LogP contribution in [0.4, 0.5) is 4.39 Å². The average Bonchev–Trinajstić information content (AvgIpc) is 2.92. The summed E-state index contributed by atoms with van der Waals surface area (Å²) < 4.78 is 15.6. The SMILES string of the molecule is CN(CCc1cnn(C)c1)Cc1cc(=O)c2cccc(F)c2[nH]1. The maximum Gasteiger partial charge on any atom is 0.189 e. The van der Waals surface area contributed by atoms with Gasteiger partial charge in [-0.15, -0.1) is 0 Å². The number of benzene rings is 1. The van der Waals surface area contributed by atoms with Gasteiger partial charge < -0.3 is 9.88 Å². The Bertz CT molecular complexity index is 884. The summed E-state index contributed by atoms with van der Waals surface area (Å²) in [5, 5.41) is 4.52. The van der Waals surface area contributed by atoms with Crippen LogP contribution >= 0.6 is 0 Å². The smallest absolute Gasteiger partial charge is 0.189 e. The van der Waals surface area contributed by atoms with E-state index in [0.29, 0.717) is 17.6 Å². The highest BCUT2D eigenvalue weighted by molar-refractivity contribution is 5.78. The number of aromatic amines is 1. The number of halogens is 1. The Labute approximate surface area is 133 Å². The average molecular weight is 314 g/mol. The highest BCUT2D eigenvalue weighted by atomic mass is 19.1. The zero-order valence-electron chi connectivity index (χ0n) is 13.2. The molecule has 3 rings (SSSR count). The van der Waals surface area contributed by atoms with E-state index in [-0.39, 0.29) is 10.9 Å². The molecule has 0 aliphatic carbocycles. The number of nitrogens with zero attached hydrogens (tertiary/aromatic N) is 3. The number of hydrogen-bond acceptors (Lipinski definition) is 3. The van der Waals surface area contributed by atoms with Crippen LogP contribution in [-0.4, -0.2) is 33.3 Å². The van der Waals surface area contributed by atoms with E-state index in [4.69, 9.17) is 0 Å². The van der Waals surface area contributed by atoms with E-state index in [0.717, 1.165) is 18.5 Å². The Morgan fingerprint density at radius 2 is 2.22 bits per heavy atom. The van der Waals surface area contributed by atoms with Gasteiger partial charge >= 0.3 is 0 Å². The van der Waals surface area contributed by atoms with Gasteiger partial charge in [0.15, 0.2) is 5.43 Å². The van der Waals surface area contributed by atoms with Gasteiger partial charge in [-0.05, 0) is 31.2 Å². The van der Waals surface area contributed by atoms with Crippen LogP contribution in [0.15, 0.2) is 41.5 Å². The van der Waals surface area contributed by atoms with Crippen molar-refractivity contribution in [3.05, 3.63) is 64.0 Å². The van der Waals surface area contributed by atoms with Crippen LogP contribution in [0.1, 0.15) is 11.3 Å². The first-order chi connectivity index (χ1) is 11.0. The van der Waals surface area contributed by atoms with Crippen LogP contribution in [0.2, 0.25) is 0 Å². The first kappa shape index (κ1) is 15.4. The number of aromatic nitrogens is 3. The number of H-pyrrole nitrogens is 1. The van der Waals surface area contributed by atoms with Crippen molar-refractivity contribution in [1.82, 2.24) is 19.7 Å². The molecular formula is C17H19FN4O. The molecule has 0 spiro atoms. The fourth-order valence-electron chi connectivity index (χ4n) is 2.67. The van der Waals surface area contributed by atoms with Gasteiger partial charge in [0.25, 0.3) is 0 Å². The lowest BCUT2D eigenvalue weighted by Gasteiger charge is -2.16. The van der Waals surface area contributed by atoms with E-state index in [1.54, 1.807) is 22.9 Å². The predicted octanol–water partition coefficient (Wildman–Crippen LogP) is 2.08. The third-order valence-corrected chi connectivity index (χ3v) is 3.85. The normalized spacial score (nSPS) is 11.5. The zero-order valence-corrected chi connectivity index (χ0v) is 13.2. The van der Waals surface area contributed by atoms with E-state index >= 15 is 0 Å². The van der Waals surface area contributed by atoms with E-state index in [9.17, 15) is 9.18 Å². The fourth-order valence-corrected chi connectivity index (χ4v) is 2.67. The molecule has 23 heavy (non-hydrogen) atoms. The number of aryl methyl sites for hydroxylation is 1. The molecule has 6 heteroatoms. The quantitative estimate of drug-likeness (QED) is 0.784. The standard InChI is InChI=1S/C17H19FN4O/c1-21(7-6-12-9-19-22(2)10-12)11-13-8-16(23)14-4-3-5-15(18)17(14)20-13/h3-5,8-10H,6-7,11H2,1-2H3,(H,20,23). The molecule has 0 aliphatic rings. The third kappa shape index (κ3) is 3.48. The lowest BCUT2D eigenvalue weighted by Crippen LogP contribution is -2.22. The molecule has 0 bridgehead atoms. The summed E-state index contributed by atoms with van der Waals surface area (Å²) in [6.07, 6.45) is 4.71. The summed E-state index contributed by atoms with van der Waals surface area (Å²) in [5.74, 6) is -0.403. The molecule has 0 unspecified atom stereocenters. The zero-order chi connectivity index (χ0) is 16.4. The minimum Gasteiger partial charge on any atom is -0.355 e. The van der Waals surface area contributed by atoms with Crippen molar-refractivity contribution in [2.75, 3.05) is 13.6 Å². The number of rotatable bonds is 5. The van der Waals surface area contributed by atoms with Crippen molar-refractivity contribution < 1.29 is 4.39 Å². The van der Waals surface area contributed by atoms with Gasteiger partial charge in [0, 0.05) is 43.5 Å². The summed E-state index contributed by atoms with van der Waals surface area (Å²) in [6, 6.07) is 6.08. The lowest BCUT2D eigenvalue weighted by atomic mass is 10.2. The summed E-state index contributed by atoms with van der Waals surface area (Å²) in [4.78, 5) is 17.2. The largest absolute Gasteiger partial charge is 0.355 e. The molecule has 1 aromatic carbocycles. The van der Waals surface area contributed by atoms with Gasteiger partial charge in [0.1, 0.15) is 5.82 Å². The number of likely N-dealkylation sites (N-methyl/N-ethyl adjacent to an activating group) is 1. The molecule has 1 N–H and O–H groups in total. The van der Waals surface area contributed by atoms with Crippen molar-refractivity contribution in [1.29, 1.82) is 0 Å². The molecule has 0 aliphatic heterocycles. The Hall–Kier alpha value is -2.47. The highest BCUT2D eigenvalue weighted by Gasteiger charge is 2.08. The van der Waals surface area contributed by atoms with Gasteiger partial charge in [-0.2, -0.15) is 5.10 Å². The van der Waals surface area contributed by atoms with E-state index in [1.165, 1.54) is 6.07 Å². The Balaban J connectivity index is 1.73. The van der Waals surface area contributed by atoms with Gasteiger partial charge in [0.05, 0.1) is 11.7 Å². The van der Waals surface area contributed by atoms with Crippen LogP contribution in [0.5, 0.6) is 0 Å². The molecule has 0 saturated carbocycles. The number of nitrogens with one attached hydrogen (secondary N) is 1. The topological polar surface area (TPSA) is 53.9 Å². The number of pyridine rings is 1. The molecule has 0 amide bonds. The fraction of sp³-hybridized carbons (Fsp3) is 0.294. The molecule has 0 saturated heterocycles. The Morgan fingerprint density at radius 1 is 1.39 bits per heavy atom. The molecule has 2 heterocycles. The highest BCUT2D eigenvalue weighted by Crippen LogP contribution is 2.13. The number of hydrogen-bond donors (Lipinski definition) is 1. The minimum absolute atomic E-state index is 0.158. The van der Waals surface area contributed by atoms with Gasteiger partial charge in [0.2, 0.25) is 0 Å². The lowest BCUT2D eigenvalue weighted by molar-refractivity contribution is 0.327. The minimum atomic E-state index is -0.403. The predicted molar refractivity (Wildman–Crippen MR) is 87.8 cm³/mol. The van der Waals surface area contributed by atoms with E-state index in [2.05, 4.69) is 15.0 Å². The molecule has 3 aromatic rings. The first-order valence-corrected chi connectivity index (χ1v) is 7.49. The van der Waals surface area contributed by atoms with Crippen LogP contribution in [0.3, 0.4) is 0 Å². The Morgan fingerprint density at radius 3 is 2.96 bits per heavy atom. The van der Waals surface area contributed by atoms with Crippen LogP contribution in [0, 0.1) is 5.82 Å². The van der Waals surface area contributed by atoms with Crippen LogP contribution in [0.25, 0.3) is 10.9 Å². The summed E-state index contributed by atoms with van der Waals surface area (Å²) in [7, 11) is 3.86.